The molecule has 3 aliphatic heterocycles. The van der Waals surface area contributed by atoms with Crippen LogP contribution in [0.1, 0.15) is 18.4 Å². The van der Waals surface area contributed by atoms with E-state index in [0.29, 0.717) is 66.3 Å². The van der Waals surface area contributed by atoms with Crippen LogP contribution in [0.2, 0.25) is 0 Å². The number of hydrogen-bond donors (Lipinski definition) is 0. The number of carbonyl (C=O) groups is 1. The first-order chi connectivity index (χ1) is 18.5. The molecule has 1 amide bonds. The lowest BCUT2D eigenvalue weighted by atomic mass is 10.1. The fraction of sp³-hybridized carbons (Fsp3) is 0.296. The van der Waals surface area contributed by atoms with E-state index in [1.165, 1.54) is 16.1 Å². The highest BCUT2D eigenvalue weighted by molar-refractivity contribution is 8.18. The number of benzene rings is 2. The van der Waals surface area contributed by atoms with Crippen molar-refractivity contribution in [2.75, 3.05) is 39.4 Å². The zero-order chi connectivity index (χ0) is 26.1. The summed E-state index contributed by atoms with van der Waals surface area (Å²) in [6.07, 6.45) is 5.41. The summed E-state index contributed by atoms with van der Waals surface area (Å²) < 4.78 is 35.2. The van der Waals surface area contributed by atoms with Crippen LogP contribution in [0.4, 0.5) is 0 Å². The van der Waals surface area contributed by atoms with Gasteiger partial charge in [-0.3, -0.25) is 4.79 Å². The largest absolute Gasteiger partial charge is 0.378 e. The van der Waals surface area contributed by atoms with Crippen molar-refractivity contribution in [3.63, 3.8) is 0 Å². The summed E-state index contributed by atoms with van der Waals surface area (Å²) in [7, 11) is -3.59. The minimum absolute atomic E-state index is 0.244. The maximum absolute atomic E-state index is 13.2. The summed E-state index contributed by atoms with van der Waals surface area (Å²) >= 11 is 1.35. The lowest BCUT2D eigenvalue weighted by Gasteiger charge is -2.27. The molecule has 6 rings (SSSR count). The van der Waals surface area contributed by atoms with Crippen molar-refractivity contribution in [2.24, 2.45) is 4.99 Å². The Labute approximate surface area is 225 Å². The normalized spacial score (nSPS) is 19.9. The quantitative estimate of drug-likeness (QED) is 0.449. The summed E-state index contributed by atoms with van der Waals surface area (Å²) in [5.74, 6) is -0.291. The molecule has 0 atom stereocenters. The summed E-state index contributed by atoms with van der Waals surface area (Å²) in [6, 6.07) is 16.6. The molecule has 11 heteroatoms. The van der Waals surface area contributed by atoms with Crippen LogP contribution in [0, 0.1) is 0 Å². The van der Waals surface area contributed by atoms with Gasteiger partial charge in [-0.2, -0.15) is 14.4 Å². The van der Waals surface area contributed by atoms with E-state index in [9.17, 15) is 13.2 Å². The highest BCUT2D eigenvalue weighted by Gasteiger charge is 2.29. The molecule has 2 saturated heterocycles. The first-order valence-corrected chi connectivity index (χ1v) is 14.9. The van der Waals surface area contributed by atoms with Crippen LogP contribution in [-0.4, -0.2) is 77.9 Å². The highest BCUT2D eigenvalue weighted by Crippen LogP contribution is 2.34. The minimum atomic E-state index is -3.59. The molecule has 2 aromatic carbocycles. The molecule has 0 bridgehead atoms. The number of sulfonamides is 1. The van der Waals surface area contributed by atoms with Crippen LogP contribution < -0.4 is 0 Å². The zero-order valence-electron chi connectivity index (χ0n) is 20.7. The molecule has 0 radical (unpaired) electrons. The smallest absolute Gasteiger partial charge is 0.286 e. The number of hydrogen-bond acceptors (Lipinski definition) is 7. The Balaban J connectivity index is 1.38. The number of aromatic nitrogens is 2. The predicted octanol–water partition coefficient (Wildman–Crippen LogP) is 3.63. The third-order valence-electron chi connectivity index (χ3n) is 6.75. The Bertz CT molecular complexity index is 1520. The minimum Gasteiger partial charge on any atom is -0.378 e. The van der Waals surface area contributed by atoms with Gasteiger partial charge < -0.3 is 9.64 Å². The van der Waals surface area contributed by atoms with E-state index in [4.69, 9.17) is 9.84 Å². The second-order valence-electron chi connectivity index (χ2n) is 9.26. The molecule has 0 saturated carbocycles. The molecule has 2 fully saturated rings. The van der Waals surface area contributed by atoms with E-state index in [2.05, 4.69) is 9.89 Å². The van der Waals surface area contributed by atoms with Gasteiger partial charge in [0.15, 0.2) is 5.17 Å². The number of ether oxygens (including phenoxy) is 1. The fourth-order valence-corrected chi connectivity index (χ4v) is 7.26. The molecule has 3 aliphatic rings. The van der Waals surface area contributed by atoms with Gasteiger partial charge in [-0.25, -0.2) is 13.1 Å². The number of amidine groups is 1. The number of aliphatic imine (C=N–C) groups is 1. The Kier molecular flexibility index (Phi) is 6.91. The number of thioether (sulfide) groups is 1. The number of carbonyl (C=O) groups excluding carboxylic acids is 1. The second kappa shape index (κ2) is 10.5. The van der Waals surface area contributed by atoms with Gasteiger partial charge in [0.1, 0.15) is 5.69 Å². The number of nitrogens with zero attached hydrogens (tertiary/aromatic N) is 5. The van der Waals surface area contributed by atoms with Crippen LogP contribution in [-0.2, 0) is 19.6 Å². The first-order valence-electron chi connectivity index (χ1n) is 12.6. The van der Waals surface area contributed by atoms with E-state index >= 15 is 0 Å². The van der Waals surface area contributed by atoms with E-state index < -0.39 is 10.0 Å². The standard InChI is InChI=1S/C27H27N5O4S2/c33-26-24(37-27(28-26)30-13-15-36-16-14-30)18-21-19-32(22-8-2-1-3-9-22)29-25(21)20-7-6-10-23(17-20)38(34,35)31-11-4-5-12-31/h1-3,6-10,17-19H,4-5,11-16H2. The Morgan fingerprint density at radius 1 is 0.947 bits per heavy atom. The number of amides is 1. The lowest BCUT2D eigenvalue weighted by Crippen LogP contribution is -2.38. The molecule has 196 valence electrons. The van der Waals surface area contributed by atoms with Crippen LogP contribution >= 0.6 is 11.8 Å². The Hall–Kier alpha value is -3.25. The van der Waals surface area contributed by atoms with Crippen molar-refractivity contribution in [3.8, 4) is 16.9 Å². The monoisotopic (exact) mass is 549 g/mol. The van der Waals surface area contributed by atoms with Gasteiger partial charge >= 0.3 is 0 Å². The third-order valence-corrected chi connectivity index (χ3v) is 9.69. The molecular formula is C27H27N5O4S2. The summed E-state index contributed by atoms with van der Waals surface area (Å²) in [5.41, 5.74) is 2.82. The Morgan fingerprint density at radius 2 is 1.71 bits per heavy atom. The van der Waals surface area contributed by atoms with Crippen molar-refractivity contribution in [3.05, 3.63) is 71.3 Å². The average Bonchev–Trinajstić information content (AvgIpc) is 3.71. The molecule has 4 heterocycles. The van der Waals surface area contributed by atoms with Gasteiger partial charge in [-0.1, -0.05) is 30.3 Å². The molecule has 0 unspecified atom stereocenters. The van der Waals surface area contributed by atoms with E-state index in [1.54, 1.807) is 29.0 Å². The van der Waals surface area contributed by atoms with Gasteiger partial charge in [0.25, 0.3) is 5.91 Å². The molecule has 0 aliphatic carbocycles. The average molecular weight is 550 g/mol. The number of rotatable bonds is 5. The van der Waals surface area contributed by atoms with E-state index in [1.807, 2.05) is 42.6 Å². The van der Waals surface area contributed by atoms with Gasteiger partial charge in [-0.15, -0.1) is 0 Å². The van der Waals surface area contributed by atoms with Crippen LogP contribution in [0.3, 0.4) is 0 Å². The van der Waals surface area contributed by atoms with Crippen LogP contribution in [0.5, 0.6) is 0 Å². The number of morpholine rings is 1. The summed E-state index contributed by atoms with van der Waals surface area (Å²) in [4.78, 5) is 19.9. The third kappa shape index (κ3) is 4.94. The van der Waals surface area contributed by atoms with Gasteiger partial charge in [-0.05, 0) is 54.9 Å². The van der Waals surface area contributed by atoms with Crippen molar-refractivity contribution in [1.82, 2.24) is 19.0 Å². The van der Waals surface area contributed by atoms with Gasteiger partial charge in [0.2, 0.25) is 10.0 Å². The van der Waals surface area contributed by atoms with Crippen LogP contribution in [0.15, 0.2) is 75.6 Å². The Morgan fingerprint density at radius 3 is 2.47 bits per heavy atom. The van der Waals surface area contributed by atoms with Gasteiger partial charge in [0, 0.05) is 43.5 Å². The molecule has 0 N–H and O–H groups in total. The molecule has 38 heavy (non-hydrogen) atoms. The predicted molar refractivity (Wildman–Crippen MR) is 147 cm³/mol. The maximum Gasteiger partial charge on any atom is 0.286 e. The second-order valence-corrected chi connectivity index (χ2v) is 12.2. The van der Waals surface area contributed by atoms with E-state index in [-0.39, 0.29) is 10.8 Å². The van der Waals surface area contributed by atoms with Crippen molar-refractivity contribution < 1.29 is 17.9 Å². The number of para-hydroxylation sites is 1. The SMILES string of the molecule is O=C1N=C(N2CCOCC2)SC1=Cc1cn(-c2ccccc2)nc1-c1cccc(S(=O)(=O)N2CCCC2)c1. The highest BCUT2D eigenvalue weighted by atomic mass is 32.2. The fourth-order valence-electron chi connectivity index (χ4n) is 4.74. The maximum atomic E-state index is 13.2. The van der Waals surface area contributed by atoms with Crippen molar-refractivity contribution >= 4 is 38.9 Å². The molecule has 0 spiro atoms. The molecule has 3 aromatic rings. The molecule has 1 aromatic heterocycles. The van der Waals surface area contributed by atoms with Crippen molar-refractivity contribution in [1.29, 1.82) is 0 Å². The molecular weight excluding hydrogens is 522 g/mol. The lowest BCUT2D eigenvalue weighted by molar-refractivity contribution is -0.113. The van der Waals surface area contributed by atoms with Gasteiger partial charge in [0.05, 0.1) is 28.7 Å². The zero-order valence-corrected chi connectivity index (χ0v) is 22.3. The first kappa shape index (κ1) is 25.1. The van der Waals surface area contributed by atoms with Crippen molar-refractivity contribution in [2.45, 2.75) is 17.7 Å². The summed E-state index contributed by atoms with van der Waals surface area (Å²) in [6.45, 7) is 3.69. The van der Waals surface area contributed by atoms with E-state index in [0.717, 1.165) is 18.5 Å². The summed E-state index contributed by atoms with van der Waals surface area (Å²) in [5, 5.41) is 5.51. The molecule has 9 nitrogen and oxygen atoms in total. The van der Waals surface area contributed by atoms with Crippen LogP contribution in [0.25, 0.3) is 23.0 Å². The topological polar surface area (TPSA) is 97.1 Å².